The lowest BCUT2D eigenvalue weighted by Gasteiger charge is -2.37. The molecule has 0 spiro atoms. The fraction of sp³-hybridized carbons (Fsp3) is 0.800. The molecule has 1 aromatic heterocycles. The van der Waals surface area contributed by atoms with Crippen LogP contribution in [-0.2, 0) is 18.2 Å². The number of morpholine rings is 1. The zero-order valence-electron chi connectivity index (χ0n) is 13.0. The van der Waals surface area contributed by atoms with Crippen molar-refractivity contribution in [3.63, 3.8) is 0 Å². The highest BCUT2D eigenvalue weighted by Gasteiger charge is 2.28. The molecular weight excluding hydrogens is 252 g/mol. The molecule has 0 aromatic carbocycles. The van der Waals surface area contributed by atoms with Crippen molar-refractivity contribution in [1.82, 2.24) is 19.8 Å². The Morgan fingerprint density at radius 3 is 3.00 bits per heavy atom. The minimum Gasteiger partial charge on any atom is -0.374 e. The predicted molar refractivity (Wildman–Crippen MR) is 80.8 cm³/mol. The second kappa shape index (κ2) is 7.76. The monoisotopic (exact) mass is 280 g/mol. The Balaban J connectivity index is 2.00. The van der Waals surface area contributed by atoms with Gasteiger partial charge < -0.3 is 14.6 Å². The fourth-order valence-electron chi connectivity index (χ4n) is 2.72. The third-order valence-electron chi connectivity index (χ3n) is 4.05. The first kappa shape index (κ1) is 15.5. The van der Waals surface area contributed by atoms with Crippen molar-refractivity contribution in [1.29, 1.82) is 0 Å². The van der Waals surface area contributed by atoms with E-state index in [2.05, 4.69) is 40.7 Å². The van der Waals surface area contributed by atoms with E-state index in [4.69, 9.17) is 4.74 Å². The molecule has 20 heavy (non-hydrogen) atoms. The van der Waals surface area contributed by atoms with Gasteiger partial charge in [-0.2, -0.15) is 0 Å². The van der Waals surface area contributed by atoms with Gasteiger partial charge >= 0.3 is 0 Å². The molecule has 0 bridgehead atoms. The van der Waals surface area contributed by atoms with Crippen LogP contribution in [0.2, 0.25) is 0 Å². The molecule has 2 rings (SSSR count). The molecule has 1 aliphatic rings. The number of aryl methyl sites for hydroxylation is 1. The molecule has 1 fully saturated rings. The van der Waals surface area contributed by atoms with Crippen molar-refractivity contribution >= 4 is 0 Å². The van der Waals surface area contributed by atoms with Gasteiger partial charge in [0.25, 0.3) is 0 Å². The van der Waals surface area contributed by atoms with E-state index in [1.165, 1.54) is 0 Å². The molecule has 2 heterocycles. The molecule has 1 aromatic rings. The largest absolute Gasteiger partial charge is 0.374 e. The van der Waals surface area contributed by atoms with Crippen molar-refractivity contribution in [2.75, 3.05) is 32.8 Å². The van der Waals surface area contributed by atoms with Gasteiger partial charge in [-0.1, -0.05) is 13.8 Å². The number of hydrogen-bond donors (Lipinski definition) is 1. The summed E-state index contributed by atoms with van der Waals surface area (Å²) < 4.78 is 8.11. The zero-order chi connectivity index (χ0) is 14.4. The molecule has 1 saturated heterocycles. The first-order valence-electron chi connectivity index (χ1n) is 7.78. The Morgan fingerprint density at radius 2 is 2.35 bits per heavy atom. The van der Waals surface area contributed by atoms with Crippen molar-refractivity contribution < 1.29 is 4.74 Å². The number of imidazole rings is 1. The number of nitrogens with zero attached hydrogens (tertiary/aromatic N) is 3. The van der Waals surface area contributed by atoms with E-state index in [0.717, 1.165) is 51.5 Å². The highest BCUT2D eigenvalue weighted by molar-refractivity contribution is 4.97. The summed E-state index contributed by atoms with van der Waals surface area (Å²) in [6.45, 7) is 9.45. The minimum absolute atomic E-state index is 0.256. The van der Waals surface area contributed by atoms with E-state index in [0.29, 0.717) is 6.04 Å². The van der Waals surface area contributed by atoms with Crippen LogP contribution < -0.4 is 5.32 Å². The molecule has 0 amide bonds. The lowest BCUT2D eigenvalue weighted by Crippen LogP contribution is -2.53. The van der Waals surface area contributed by atoms with Crippen LogP contribution >= 0.6 is 0 Å². The third kappa shape index (κ3) is 4.04. The normalized spacial score (nSPS) is 22.1. The van der Waals surface area contributed by atoms with Crippen molar-refractivity contribution in [2.24, 2.45) is 7.05 Å². The second-order valence-corrected chi connectivity index (χ2v) is 5.52. The molecule has 5 heteroatoms. The Kier molecular flexibility index (Phi) is 6.01. The Morgan fingerprint density at radius 1 is 1.50 bits per heavy atom. The molecule has 5 nitrogen and oxygen atoms in total. The Bertz CT molecular complexity index is 393. The summed E-state index contributed by atoms with van der Waals surface area (Å²) in [7, 11) is 2.05. The van der Waals surface area contributed by atoms with E-state index >= 15 is 0 Å². The van der Waals surface area contributed by atoms with E-state index in [1.807, 2.05) is 12.4 Å². The first-order chi connectivity index (χ1) is 9.74. The van der Waals surface area contributed by atoms with E-state index in [-0.39, 0.29) is 6.10 Å². The minimum atomic E-state index is 0.256. The molecule has 2 unspecified atom stereocenters. The van der Waals surface area contributed by atoms with Crippen LogP contribution in [0.3, 0.4) is 0 Å². The third-order valence-corrected chi connectivity index (χ3v) is 4.05. The molecule has 1 aliphatic heterocycles. The SMILES string of the molecule is CCCNC(Cc1nccn1C)C1CN(CC)CCO1. The van der Waals surface area contributed by atoms with E-state index in [1.54, 1.807) is 0 Å². The highest BCUT2D eigenvalue weighted by atomic mass is 16.5. The molecule has 114 valence electrons. The molecular formula is C15H28N4O. The quantitative estimate of drug-likeness (QED) is 0.811. The average molecular weight is 280 g/mol. The lowest BCUT2D eigenvalue weighted by atomic mass is 10.0. The molecule has 1 N–H and O–H groups in total. The van der Waals surface area contributed by atoms with Crippen molar-refractivity contribution in [3.05, 3.63) is 18.2 Å². The van der Waals surface area contributed by atoms with Gasteiger partial charge in [-0.3, -0.25) is 4.90 Å². The van der Waals surface area contributed by atoms with Crippen LogP contribution in [0.4, 0.5) is 0 Å². The maximum atomic E-state index is 6.02. The molecule has 0 saturated carbocycles. The second-order valence-electron chi connectivity index (χ2n) is 5.52. The van der Waals surface area contributed by atoms with Gasteiger partial charge in [-0.25, -0.2) is 4.98 Å². The number of hydrogen-bond acceptors (Lipinski definition) is 4. The van der Waals surface area contributed by atoms with Crippen LogP contribution in [0.5, 0.6) is 0 Å². The summed E-state index contributed by atoms with van der Waals surface area (Å²) >= 11 is 0. The van der Waals surface area contributed by atoms with E-state index in [9.17, 15) is 0 Å². The Hall–Kier alpha value is -0.910. The number of aromatic nitrogens is 2. The summed E-state index contributed by atoms with van der Waals surface area (Å²) in [5.74, 6) is 1.12. The van der Waals surface area contributed by atoms with Crippen molar-refractivity contribution in [3.8, 4) is 0 Å². The Labute approximate surface area is 122 Å². The van der Waals surface area contributed by atoms with Gasteiger partial charge in [0.1, 0.15) is 5.82 Å². The summed E-state index contributed by atoms with van der Waals surface area (Å²) in [5, 5.41) is 3.64. The lowest BCUT2D eigenvalue weighted by molar-refractivity contribution is -0.0450. The highest BCUT2D eigenvalue weighted by Crippen LogP contribution is 2.13. The number of rotatable bonds is 7. The number of ether oxygens (including phenoxy) is 1. The van der Waals surface area contributed by atoms with Crippen LogP contribution in [0, 0.1) is 0 Å². The van der Waals surface area contributed by atoms with Gasteiger partial charge in [0.15, 0.2) is 0 Å². The van der Waals surface area contributed by atoms with E-state index < -0.39 is 0 Å². The van der Waals surface area contributed by atoms with Gasteiger partial charge in [0.05, 0.1) is 12.7 Å². The van der Waals surface area contributed by atoms with Crippen LogP contribution in [-0.4, -0.2) is 59.4 Å². The van der Waals surface area contributed by atoms with Gasteiger partial charge in [-0.05, 0) is 19.5 Å². The molecule has 0 radical (unpaired) electrons. The van der Waals surface area contributed by atoms with Gasteiger partial charge in [0, 0.05) is 45.0 Å². The van der Waals surface area contributed by atoms with Gasteiger partial charge in [0.2, 0.25) is 0 Å². The summed E-state index contributed by atoms with van der Waals surface area (Å²) in [5.41, 5.74) is 0. The number of nitrogens with one attached hydrogen (secondary N) is 1. The predicted octanol–water partition coefficient (Wildman–Crippen LogP) is 1.05. The number of likely N-dealkylation sites (N-methyl/N-ethyl adjacent to an activating group) is 1. The van der Waals surface area contributed by atoms with Gasteiger partial charge in [-0.15, -0.1) is 0 Å². The first-order valence-corrected chi connectivity index (χ1v) is 7.78. The summed E-state index contributed by atoms with van der Waals surface area (Å²) in [4.78, 5) is 6.92. The fourth-order valence-corrected chi connectivity index (χ4v) is 2.72. The molecule has 2 atom stereocenters. The zero-order valence-corrected chi connectivity index (χ0v) is 13.0. The summed E-state index contributed by atoms with van der Waals surface area (Å²) in [6.07, 6.45) is 6.19. The van der Waals surface area contributed by atoms with Crippen LogP contribution in [0.25, 0.3) is 0 Å². The maximum absolute atomic E-state index is 6.02. The maximum Gasteiger partial charge on any atom is 0.110 e. The smallest absolute Gasteiger partial charge is 0.110 e. The molecule has 0 aliphatic carbocycles. The summed E-state index contributed by atoms with van der Waals surface area (Å²) in [6, 6.07) is 0.338. The standard InChI is InChI=1S/C15H28N4O/c1-4-6-16-13(11-15-17-7-8-18(15)3)14-12-19(5-2)9-10-20-14/h7-8,13-14,16H,4-6,9-12H2,1-3H3. The van der Waals surface area contributed by atoms with Crippen LogP contribution in [0.1, 0.15) is 26.1 Å². The average Bonchev–Trinajstić information content (AvgIpc) is 2.88. The van der Waals surface area contributed by atoms with Crippen LogP contribution in [0.15, 0.2) is 12.4 Å². The topological polar surface area (TPSA) is 42.3 Å². The van der Waals surface area contributed by atoms with Crippen molar-refractivity contribution in [2.45, 2.75) is 38.8 Å².